The first-order chi connectivity index (χ1) is 4.22. The van der Waals surface area contributed by atoms with Gasteiger partial charge in [-0.15, -0.1) is 16.5 Å². The van der Waals surface area contributed by atoms with Crippen LogP contribution >= 0.6 is 11.6 Å². The molecule has 0 spiro atoms. The predicted molar refractivity (Wildman–Crippen MR) is 28.6 cm³/mol. The summed E-state index contributed by atoms with van der Waals surface area (Å²) in [4.78, 5) is 19.3. The van der Waals surface area contributed by atoms with Gasteiger partial charge in [0.2, 0.25) is 0 Å². The molecule has 0 bridgehead atoms. The first kappa shape index (κ1) is 8.16. The molecule has 0 aliphatic carbocycles. The van der Waals surface area contributed by atoms with Crippen LogP contribution in [-0.2, 0) is 0 Å². The molecule has 0 aromatic carbocycles. The minimum atomic E-state index is -1.63. The first-order valence-electron chi connectivity index (χ1n) is 2.10. The molecule has 0 aromatic rings. The highest BCUT2D eigenvalue weighted by molar-refractivity contribution is 6.18. The SMILES string of the molecule is O=NN(CCCl)C(=O)[O-]. The summed E-state index contributed by atoms with van der Waals surface area (Å²) in [5.41, 5.74) is 0. The minimum absolute atomic E-state index is 0.0275. The fourth-order valence-electron chi connectivity index (χ4n) is 0.245. The molecule has 0 unspecified atom stereocenters. The van der Waals surface area contributed by atoms with E-state index < -0.39 is 6.09 Å². The van der Waals surface area contributed by atoms with Gasteiger partial charge < -0.3 is 9.90 Å². The third kappa shape index (κ3) is 2.86. The van der Waals surface area contributed by atoms with Crippen molar-refractivity contribution in [1.82, 2.24) is 5.01 Å². The molecule has 52 valence electrons. The highest BCUT2D eigenvalue weighted by atomic mass is 35.5. The summed E-state index contributed by atoms with van der Waals surface area (Å²) in [7, 11) is 0. The van der Waals surface area contributed by atoms with Gasteiger partial charge in [-0.2, -0.15) is 0 Å². The number of carbonyl (C=O) groups is 1. The molecule has 0 fully saturated rings. The quantitative estimate of drug-likeness (QED) is 0.312. The maximum Gasteiger partial charge on any atom is 0.161 e. The van der Waals surface area contributed by atoms with E-state index >= 15 is 0 Å². The second kappa shape index (κ2) is 4.08. The molecule has 0 aromatic heterocycles. The molecule has 0 heterocycles. The van der Waals surface area contributed by atoms with Crippen LogP contribution in [0.5, 0.6) is 0 Å². The van der Waals surface area contributed by atoms with Crippen molar-refractivity contribution in [1.29, 1.82) is 0 Å². The third-order valence-electron chi connectivity index (χ3n) is 0.606. The van der Waals surface area contributed by atoms with E-state index in [1.165, 1.54) is 0 Å². The highest BCUT2D eigenvalue weighted by Gasteiger charge is 1.99. The Morgan fingerprint density at radius 2 is 2.33 bits per heavy atom. The van der Waals surface area contributed by atoms with E-state index in [-0.39, 0.29) is 17.4 Å². The molecular formula is C3H4ClN2O3-. The van der Waals surface area contributed by atoms with E-state index in [2.05, 4.69) is 5.29 Å². The summed E-state index contributed by atoms with van der Waals surface area (Å²) in [6.45, 7) is -0.132. The van der Waals surface area contributed by atoms with Crippen LogP contribution in [0, 0.1) is 4.91 Å². The molecule has 0 rings (SSSR count). The topological polar surface area (TPSA) is 72.8 Å². The van der Waals surface area contributed by atoms with Gasteiger partial charge in [-0.3, -0.25) is 0 Å². The van der Waals surface area contributed by atoms with Crippen molar-refractivity contribution in [3.05, 3.63) is 4.91 Å². The lowest BCUT2D eigenvalue weighted by atomic mass is 10.7. The maximum atomic E-state index is 9.78. The number of amides is 1. The Bertz CT molecular complexity index is 118. The number of nitroso groups, excluding NO2 is 1. The van der Waals surface area contributed by atoms with Gasteiger partial charge in [0.05, 0.1) is 11.8 Å². The van der Waals surface area contributed by atoms with Gasteiger partial charge in [0.15, 0.2) is 6.09 Å². The van der Waals surface area contributed by atoms with E-state index in [0.29, 0.717) is 0 Å². The smallest absolute Gasteiger partial charge is 0.161 e. The van der Waals surface area contributed by atoms with E-state index in [1.54, 1.807) is 0 Å². The average molecular weight is 152 g/mol. The summed E-state index contributed by atoms with van der Waals surface area (Å²) in [5.74, 6) is 0.0275. The van der Waals surface area contributed by atoms with E-state index in [4.69, 9.17) is 11.6 Å². The fourth-order valence-corrected chi connectivity index (χ4v) is 0.406. The van der Waals surface area contributed by atoms with Crippen LogP contribution < -0.4 is 5.11 Å². The van der Waals surface area contributed by atoms with Gasteiger partial charge in [0.25, 0.3) is 0 Å². The average Bonchev–Trinajstić information content (AvgIpc) is 1.82. The van der Waals surface area contributed by atoms with E-state index in [9.17, 15) is 14.8 Å². The van der Waals surface area contributed by atoms with Gasteiger partial charge in [-0.05, 0) is 0 Å². The molecule has 0 N–H and O–H groups in total. The molecule has 0 radical (unpaired) electrons. The van der Waals surface area contributed by atoms with Crippen LogP contribution in [0.15, 0.2) is 5.29 Å². The Morgan fingerprint density at radius 1 is 1.78 bits per heavy atom. The lowest BCUT2D eigenvalue weighted by Crippen LogP contribution is -2.38. The number of rotatable bonds is 3. The number of nitrogens with zero attached hydrogens (tertiary/aromatic N) is 2. The van der Waals surface area contributed by atoms with Crippen LogP contribution in [0.4, 0.5) is 4.79 Å². The zero-order valence-electron chi connectivity index (χ0n) is 4.41. The van der Waals surface area contributed by atoms with Crippen molar-refractivity contribution in [3.63, 3.8) is 0 Å². The molecule has 0 saturated carbocycles. The largest absolute Gasteiger partial charge is 0.529 e. The Hall–Kier alpha value is -0.840. The van der Waals surface area contributed by atoms with E-state index in [0.717, 1.165) is 0 Å². The maximum absolute atomic E-state index is 9.78. The molecule has 1 amide bonds. The monoisotopic (exact) mass is 151 g/mol. The van der Waals surface area contributed by atoms with Crippen molar-refractivity contribution in [3.8, 4) is 0 Å². The Balaban J connectivity index is 3.68. The van der Waals surface area contributed by atoms with Crippen molar-refractivity contribution in [2.24, 2.45) is 5.29 Å². The molecule has 9 heavy (non-hydrogen) atoms. The summed E-state index contributed by atoms with van der Waals surface area (Å²) < 4.78 is 0. The number of hydrogen-bond donors (Lipinski definition) is 0. The second-order valence-corrected chi connectivity index (χ2v) is 1.54. The molecule has 0 aliphatic heterocycles. The van der Waals surface area contributed by atoms with Crippen LogP contribution in [-0.4, -0.2) is 23.5 Å². The Labute approximate surface area is 56.2 Å². The van der Waals surface area contributed by atoms with Gasteiger partial charge in [-0.25, -0.2) is 5.01 Å². The standard InChI is InChI=1S/C3H5ClN2O3/c4-1-2-6(5-9)3(7)8/h1-2H2,(H,7,8)/p-1. The zero-order chi connectivity index (χ0) is 7.28. The Kier molecular flexibility index (Phi) is 3.70. The molecule has 0 atom stereocenters. The number of halogens is 1. The lowest BCUT2D eigenvalue weighted by Gasteiger charge is -2.12. The number of carbonyl (C=O) groups excluding carboxylic acids is 1. The number of alkyl halides is 1. The second-order valence-electron chi connectivity index (χ2n) is 1.16. The Morgan fingerprint density at radius 3 is 2.44 bits per heavy atom. The first-order valence-corrected chi connectivity index (χ1v) is 2.63. The summed E-state index contributed by atoms with van der Waals surface area (Å²) >= 11 is 5.09. The lowest BCUT2D eigenvalue weighted by molar-refractivity contribution is -0.265. The van der Waals surface area contributed by atoms with E-state index in [1.807, 2.05) is 0 Å². The normalized spacial score (nSPS) is 8.56. The van der Waals surface area contributed by atoms with Crippen molar-refractivity contribution < 1.29 is 9.90 Å². The fraction of sp³-hybridized carbons (Fsp3) is 0.667. The van der Waals surface area contributed by atoms with Crippen molar-refractivity contribution in [2.75, 3.05) is 12.4 Å². The number of hydrogen-bond acceptors (Lipinski definition) is 4. The van der Waals surface area contributed by atoms with Crippen molar-refractivity contribution >= 4 is 17.7 Å². The molecule has 0 saturated heterocycles. The van der Waals surface area contributed by atoms with Gasteiger partial charge in [-0.1, -0.05) is 0 Å². The number of carboxylic acid groups (broad SMARTS) is 1. The van der Waals surface area contributed by atoms with Crippen LogP contribution in [0.25, 0.3) is 0 Å². The summed E-state index contributed by atoms with van der Waals surface area (Å²) in [6, 6.07) is 0. The molecule has 0 aliphatic rings. The third-order valence-corrected chi connectivity index (χ3v) is 0.775. The van der Waals surface area contributed by atoms with Gasteiger partial charge >= 0.3 is 0 Å². The molecular weight excluding hydrogens is 147 g/mol. The van der Waals surface area contributed by atoms with Gasteiger partial charge in [0, 0.05) is 5.88 Å². The molecule has 6 heteroatoms. The van der Waals surface area contributed by atoms with Crippen molar-refractivity contribution in [2.45, 2.75) is 0 Å². The minimum Gasteiger partial charge on any atom is -0.529 e. The summed E-state index contributed by atoms with van der Waals surface area (Å²) in [6.07, 6.45) is -1.63. The van der Waals surface area contributed by atoms with Crippen LogP contribution in [0.2, 0.25) is 0 Å². The van der Waals surface area contributed by atoms with Crippen LogP contribution in [0.1, 0.15) is 0 Å². The zero-order valence-corrected chi connectivity index (χ0v) is 5.17. The van der Waals surface area contributed by atoms with Gasteiger partial charge in [0.1, 0.15) is 0 Å². The molecule has 5 nitrogen and oxygen atoms in total. The van der Waals surface area contributed by atoms with Crippen LogP contribution in [0.3, 0.4) is 0 Å². The summed E-state index contributed by atoms with van der Waals surface area (Å²) in [5, 5.41) is 12.1. The highest BCUT2D eigenvalue weighted by Crippen LogP contribution is 1.87. The predicted octanol–water partition coefficient (Wildman–Crippen LogP) is -0.448.